The minimum absolute atomic E-state index is 0.412. The van der Waals surface area contributed by atoms with Crippen LogP contribution in [0.1, 0.15) is 34.1 Å². The summed E-state index contributed by atoms with van der Waals surface area (Å²) < 4.78 is 49.7. The molecule has 0 fully saturated rings. The number of carbonyl (C=O) groups is 2. The lowest BCUT2D eigenvalue weighted by Gasteiger charge is -2.36. The zero-order chi connectivity index (χ0) is 30.6. The summed E-state index contributed by atoms with van der Waals surface area (Å²) in [5.74, 6) is -0.581. The van der Waals surface area contributed by atoms with Crippen LogP contribution < -0.4 is 15.6 Å². The number of ether oxygens (including phenoxy) is 2. The number of pyridine rings is 1. The molecule has 3 heterocycles. The van der Waals surface area contributed by atoms with E-state index in [9.17, 15) is 27.6 Å². The second-order valence-electron chi connectivity index (χ2n) is 9.55. The Hall–Kier alpha value is -3.84. The number of hydrogen-bond acceptors (Lipinski definition) is 7. The standard InChI is InChI=1S/C14H11ClS.C14H17F3N4O5/c15-13-6-3-5-10-8-11-4-1-2-7-14(11)16-9-12(10)13;1-8(14(15,16)17)20-6-18-21-5-4-9(22)11(10(21)12(20)23)25-7-26-13(24)19(2)3/h1-7H,8-9H2;4-5,8,18H,6-7H2,1-3H3/t;8-/m.1/s1. The van der Waals surface area contributed by atoms with Crippen LogP contribution in [0.4, 0.5) is 18.0 Å². The molecule has 2 aliphatic rings. The van der Waals surface area contributed by atoms with Crippen LogP contribution in [0, 0.1) is 0 Å². The molecule has 3 aromatic rings. The van der Waals surface area contributed by atoms with Crippen molar-refractivity contribution in [3.05, 3.63) is 92.4 Å². The molecule has 1 N–H and O–H groups in total. The van der Waals surface area contributed by atoms with Crippen molar-refractivity contribution in [1.82, 2.24) is 14.5 Å². The molecule has 0 saturated heterocycles. The second-order valence-corrected chi connectivity index (χ2v) is 11.0. The van der Waals surface area contributed by atoms with E-state index in [2.05, 4.69) is 35.8 Å². The lowest BCUT2D eigenvalue weighted by Crippen LogP contribution is -2.54. The fraction of sp³-hybridized carbons (Fsp3) is 0.321. The van der Waals surface area contributed by atoms with Crippen molar-refractivity contribution in [1.29, 1.82) is 0 Å². The van der Waals surface area contributed by atoms with Crippen LogP contribution in [0.2, 0.25) is 5.02 Å². The van der Waals surface area contributed by atoms with E-state index in [1.807, 2.05) is 23.9 Å². The SMILES string of the molecule is C[C@@H](N1CNn2ccc(=O)c(OCOC(=O)N(C)C)c2C1=O)C(F)(F)F.Clc1cccc2c1CSc1ccccc1C2. The van der Waals surface area contributed by atoms with E-state index in [4.69, 9.17) is 21.1 Å². The van der Waals surface area contributed by atoms with E-state index in [-0.39, 0.29) is 0 Å². The van der Waals surface area contributed by atoms with Crippen LogP contribution >= 0.6 is 23.4 Å². The molecular weight excluding hydrogens is 597 g/mol. The van der Waals surface area contributed by atoms with Crippen LogP contribution in [0.25, 0.3) is 0 Å². The van der Waals surface area contributed by atoms with Crippen molar-refractivity contribution in [2.24, 2.45) is 0 Å². The first kappa shape index (κ1) is 31.1. The maximum Gasteiger partial charge on any atom is 0.412 e. The number of aromatic nitrogens is 1. The van der Waals surface area contributed by atoms with Crippen LogP contribution in [-0.4, -0.2) is 66.3 Å². The molecule has 9 nitrogen and oxygen atoms in total. The van der Waals surface area contributed by atoms with Crippen molar-refractivity contribution < 1.29 is 32.2 Å². The molecule has 2 aliphatic heterocycles. The highest BCUT2D eigenvalue weighted by atomic mass is 35.5. The van der Waals surface area contributed by atoms with Crippen molar-refractivity contribution in [2.45, 2.75) is 36.2 Å². The lowest BCUT2D eigenvalue weighted by atomic mass is 10.0. The fourth-order valence-corrected chi connectivity index (χ4v) is 5.67. The van der Waals surface area contributed by atoms with Gasteiger partial charge in [0.15, 0.2) is 5.69 Å². The maximum absolute atomic E-state index is 12.9. The van der Waals surface area contributed by atoms with E-state index in [1.165, 1.54) is 41.9 Å². The van der Waals surface area contributed by atoms with Gasteiger partial charge in [-0.2, -0.15) is 13.2 Å². The minimum atomic E-state index is -4.64. The summed E-state index contributed by atoms with van der Waals surface area (Å²) in [4.78, 5) is 38.9. The number of halogens is 4. The number of benzene rings is 2. The first-order valence-electron chi connectivity index (χ1n) is 12.7. The van der Waals surface area contributed by atoms with Gasteiger partial charge in [-0.05, 0) is 42.2 Å². The number of fused-ring (bicyclic) bond motifs is 3. The summed E-state index contributed by atoms with van der Waals surface area (Å²) in [6.07, 6.45) is -3.20. The first-order chi connectivity index (χ1) is 19.9. The van der Waals surface area contributed by atoms with Gasteiger partial charge in [0.05, 0.1) is 0 Å². The molecule has 1 atom stereocenters. The predicted molar refractivity (Wildman–Crippen MR) is 153 cm³/mol. The Bertz CT molecular complexity index is 1530. The average Bonchev–Trinajstić information content (AvgIpc) is 3.14. The number of alkyl halides is 3. The summed E-state index contributed by atoms with van der Waals surface area (Å²) in [5, 5.41) is 0.901. The number of thioether (sulfide) groups is 1. The summed E-state index contributed by atoms with van der Waals surface area (Å²) in [6.45, 7) is -0.272. The van der Waals surface area contributed by atoms with Gasteiger partial charge < -0.3 is 24.7 Å². The molecule has 0 spiro atoms. The molecule has 5 rings (SSSR count). The molecule has 0 bridgehead atoms. The molecule has 2 aromatic carbocycles. The largest absolute Gasteiger partial charge is 0.451 e. The molecule has 0 aliphatic carbocycles. The highest BCUT2D eigenvalue weighted by Gasteiger charge is 2.44. The monoisotopic (exact) mass is 624 g/mol. The van der Waals surface area contributed by atoms with Gasteiger partial charge in [-0.25, -0.2) is 4.79 Å². The third-order valence-corrected chi connectivity index (χ3v) is 8.06. The Kier molecular flexibility index (Phi) is 9.62. The lowest BCUT2D eigenvalue weighted by molar-refractivity contribution is -0.172. The topological polar surface area (TPSA) is 93.1 Å². The van der Waals surface area contributed by atoms with Crippen molar-refractivity contribution >= 4 is 35.4 Å². The fourth-order valence-electron chi connectivity index (χ4n) is 4.18. The van der Waals surface area contributed by atoms with E-state index in [1.54, 1.807) is 0 Å². The van der Waals surface area contributed by atoms with Crippen LogP contribution in [0.3, 0.4) is 0 Å². The zero-order valence-corrected chi connectivity index (χ0v) is 24.5. The van der Waals surface area contributed by atoms with Gasteiger partial charge in [0, 0.05) is 42.0 Å². The number of nitrogens with one attached hydrogen (secondary N) is 1. The Labute approximate surface area is 249 Å². The summed E-state index contributed by atoms with van der Waals surface area (Å²) in [5.41, 5.74) is 5.48. The number of carbonyl (C=O) groups excluding carboxylic acids is 2. The number of amides is 2. The molecule has 0 unspecified atom stereocenters. The van der Waals surface area contributed by atoms with Gasteiger partial charge >= 0.3 is 12.3 Å². The minimum Gasteiger partial charge on any atom is -0.451 e. The van der Waals surface area contributed by atoms with Gasteiger partial charge in [0.2, 0.25) is 18.0 Å². The summed E-state index contributed by atoms with van der Waals surface area (Å²) in [6, 6.07) is 13.8. The van der Waals surface area contributed by atoms with Crippen LogP contribution in [-0.2, 0) is 16.9 Å². The van der Waals surface area contributed by atoms with Gasteiger partial charge in [-0.15, -0.1) is 11.8 Å². The van der Waals surface area contributed by atoms with Crippen molar-refractivity contribution in [3.63, 3.8) is 0 Å². The zero-order valence-electron chi connectivity index (χ0n) is 22.9. The van der Waals surface area contributed by atoms with E-state index >= 15 is 0 Å². The van der Waals surface area contributed by atoms with Gasteiger partial charge in [-0.3, -0.25) is 14.3 Å². The number of nitrogens with zero attached hydrogens (tertiary/aromatic N) is 3. The molecule has 0 saturated carbocycles. The molecule has 2 amide bonds. The van der Waals surface area contributed by atoms with E-state index in [0.29, 0.717) is 4.90 Å². The Morgan fingerprint density at radius 1 is 1.12 bits per heavy atom. The summed E-state index contributed by atoms with van der Waals surface area (Å²) >= 11 is 8.13. The van der Waals surface area contributed by atoms with Gasteiger partial charge in [-0.1, -0.05) is 41.9 Å². The quantitative estimate of drug-likeness (QED) is 0.393. The molecule has 1 aromatic heterocycles. The molecule has 14 heteroatoms. The first-order valence-corrected chi connectivity index (χ1v) is 14.1. The molecule has 0 radical (unpaired) electrons. The van der Waals surface area contributed by atoms with Crippen LogP contribution in [0.5, 0.6) is 5.75 Å². The molecule has 42 heavy (non-hydrogen) atoms. The van der Waals surface area contributed by atoms with E-state index in [0.717, 1.165) is 39.8 Å². The smallest absolute Gasteiger partial charge is 0.412 e. The third-order valence-electron chi connectivity index (χ3n) is 6.56. The summed E-state index contributed by atoms with van der Waals surface area (Å²) in [7, 11) is 2.84. The van der Waals surface area contributed by atoms with Gasteiger partial charge in [0.1, 0.15) is 12.7 Å². The van der Waals surface area contributed by atoms with Crippen molar-refractivity contribution in [2.75, 3.05) is 33.0 Å². The number of hydrogen-bond donors (Lipinski definition) is 1. The van der Waals surface area contributed by atoms with E-state index < -0.39 is 54.6 Å². The number of rotatable bonds is 4. The van der Waals surface area contributed by atoms with Crippen LogP contribution in [0.15, 0.2) is 64.4 Å². The second kappa shape index (κ2) is 13.0. The Morgan fingerprint density at radius 2 is 1.83 bits per heavy atom. The predicted octanol–water partition coefficient (Wildman–Crippen LogP) is 5.33. The third kappa shape index (κ3) is 6.96. The maximum atomic E-state index is 12.9. The molecule has 224 valence electrons. The van der Waals surface area contributed by atoms with Gasteiger partial charge in [0.25, 0.3) is 5.91 Å². The molecular formula is C28H28ClF3N4O5S. The Morgan fingerprint density at radius 3 is 2.55 bits per heavy atom. The van der Waals surface area contributed by atoms with Crippen molar-refractivity contribution in [3.8, 4) is 5.75 Å². The Balaban J connectivity index is 0.000000214. The average molecular weight is 625 g/mol. The highest BCUT2D eigenvalue weighted by Crippen LogP contribution is 2.36. The highest BCUT2D eigenvalue weighted by molar-refractivity contribution is 7.98. The normalized spacial score (nSPS) is 14.5.